The third-order valence-electron chi connectivity index (χ3n) is 2.25. The van der Waals surface area contributed by atoms with Crippen molar-refractivity contribution in [2.45, 2.75) is 26.2 Å². The Morgan fingerprint density at radius 1 is 1.25 bits per heavy atom. The lowest BCUT2D eigenvalue weighted by Gasteiger charge is -2.16. The lowest BCUT2D eigenvalue weighted by Crippen LogP contribution is -2.22. The molecule has 16 heavy (non-hydrogen) atoms. The largest absolute Gasteiger partial charge is 0.309 e. The first-order chi connectivity index (χ1) is 7.38. The minimum Gasteiger partial charge on any atom is -0.309 e. The van der Waals surface area contributed by atoms with E-state index in [1.54, 1.807) is 12.1 Å². The predicted octanol–water partition coefficient (Wildman–Crippen LogP) is 2.27. The molecule has 0 aliphatic rings. The number of H-pyrrole nitrogens is 1. The molecule has 0 unspecified atom stereocenters. The zero-order chi connectivity index (χ0) is 11.9. The molecular formula is C11H12ClN3O. The molecule has 0 spiro atoms. The fourth-order valence-corrected chi connectivity index (χ4v) is 1.49. The van der Waals surface area contributed by atoms with Crippen LogP contribution in [0, 0.1) is 0 Å². The predicted molar refractivity (Wildman–Crippen MR) is 63.9 cm³/mol. The number of nitrogens with zero attached hydrogens (tertiary/aromatic N) is 2. The van der Waals surface area contributed by atoms with Crippen molar-refractivity contribution in [3.63, 3.8) is 0 Å². The van der Waals surface area contributed by atoms with Crippen molar-refractivity contribution in [2.75, 3.05) is 0 Å². The van der Waals surface area contributed by atoms with Crippen molar-refractivity contribution in [3.05, 3.63) is 33.5 Å². The van der Waals surface area contributed by atoms with E-state index in [0.717, 1.165) is 0 Å². The Kier molecular flexibility index (Phi) is 2.46. The second kappa shape index (κ2) is 3.56. The molecule has 0 aliphatic carbocycles. The zero-order valence-corrected chi connectivity index (χ0v) is 10.1. The van der Waals surface area contributed by atoms with Crippen LogP contribution in [-0.4, -0.2) is 15.0 Å². The van der Waals surface area contributed by atoms with Gasteiger partial charge in [-0.25, -0.2) is 9.97 Å². The summed E-state index contributed by atoms with van der Waals surface area (Å²) in [6.07, 6.45) is 0. The number of pyridine rings is 1. The van der Waals surface area contributed by atoms with Crippen LogP contribution < -0.4 is 5.56 Å². The van der Waals surface area contributed by atoms with Crippen LogP contribution in [0.1, 0.15) is 26.6 Å². The molecule has 2 aromatic rings. The van der Waals surface area contributed by atoms with Crippen LogP contribution in [0.3, 0.4) is 0 Å². The molecule has 2 heterocycles. The monoisotopic (exact) mass is 237 g/mol. The summed E-state index contributed by atoms with van der Waals surface area (Å²) in [4.78, 5) is 22.9. The molecule has 0 aromatic carbocycles. The molecule has 0 radical (unpaired) electrons. The van der Waals surface area contributed by atoms with E-state index in [-0.39, 0.29) is 11.0 Å². The molecule has 0 bridgehead atoms. The number of fused-ring (bicyclic) bond motifs is 1. The molecule has 2 aromatic heterocycles. The number of hydrogen-bond donors (Lipinski definition) is 1. The highest BCUT2D eigenvalue weighted by Gasteiger charge is 2.18. The van der Waals surface area contributed by atoms with Gasteiger partial charge in [0.1, 0.15) is 11.0 Å². The number of nitrogens with one attached hydrogen (secondary N) is 1. The van der Waals surface area contributed by atoms with Gasteiger partial charge in [-0.1, -0.05) is 32.4 Å². The summed E-state index contributed by atoms with van der Waals surface area (Å²) in [5.74, 6) is 0.611. The van der Waals surface area contributed by atoms with Gasteiger partial charge in [0.15, 0.2) is 5.65 Å². The van der Waals surface area contributed by atoms with Crippen LogP contribution in [0.2, 0.25) is 5.15 Å². The molecule has 2 rings (SSSR count). The zero-order valence-electron chi connectivity index (χ0n) is 9.34. The molecular weight excluding hydrogens is 226 g/mol. The molecule has 1 N–H and O–H groups in total. The number of halogens is 1. The topological polar surface area (TPSA) is 58.6 Å². The molecule has 0 saturated heterocycles. The first kappa shape index (κ1) is 11.1. The van der Waals surface area contributed by atoms with E-state index in [1.165, 1.54) is 0 Å². The highest BCUT2D eigenvalue weighted by Crippen LogP contribution is 2.18. The van der Waals surface area contributed by atoms with Crippen LogP contribution in [-0.2, 0) is 5.41 Å². The van der Waals surface area contributed by atoms with Crippen LogP contribution in [0.5, 0.6) is 0 Å². The average Bonchev–Trinajstić information content (AvgIpc) is 2.15. The van der Waals surface area contributed by atoms with Crippen molar-refractivity contribution >= 4 is 22.6 Å². The van der Waals surface area contributed by atoms with Gasteiger partial charge in [-0.3, -0.25) is 4.79 Å². The van der Waals surface area contributed by atoms with E-state index >= 15 is 0 Å². The molecule has 0 saturated carbocycles. The highest BCUT2D eigenvalue weighted by atomic mass is 35.5. The summed E-state index contributed by atoms with van der Waals surface area (Å²) in [7, 11) is 0. The Balaban J connectivity index is 2.80. The first-order valence-corrected chi connectivity index (χ1v) is 5.33. The maximum atomic E-state index is 11.8. The van der Waals surface area contributed by atoms with Gasteiger partial charge in [0, 0.05) is 5.41 Å². The summed E-state index contributed by atoms with van der Waals surface area (Å²) in [5, 5.41) is 0.794. The minimum atomic E-state index is -0.225. The normalized spacial score (nSPS) is 12.0. The smallest absolute Gasteiger partial charge is 0.260 e. The molecule has 0 fully saturated rings. The maximum Gasteiger partial charge on any atom is 0.260 e. The van der Waals surface area contributed by atoms with Crippen molar-refractivity contribution in [1.29, 1.82) is 0 Å². The first-order valence-electron chi connectivity index (χ1n) is 4.95. The van der Waals surface area contributed by atoms with Crippen molar-refractivity contribution in [3.8, 4) is 0 Å². The van der Waals surface area contributed by atoms with Crippen LogP contribution in [0.15, 0.2) is 16.9 Å². The maximum absolute atomic E-state index is 11.8. The summed E-state index contributed by atoms with van der Waals surface area (Å²) < 4.78 is 0. The van der Waals surface area contributed by atoms with Crippen molar-refractivity contribution in [1.82, 2.24) is 15.0 Å². The number of aromatic nitrogens is 3. The Morgan fingerprint density at radius 3 is 2.56 bits per heavy atom. The van der Waals surface area contributed by atoms with Crippen molar-refractivity contribution in [2.24, 2.45) is 0 Å². The van der Waals surface area contributed by atoms with Gasteiger partial charge in [0.2, 0.25) is 0 Å². The van der Waals surface area contributed by atoms with E-state index in [9.17, 15) is 4.79 Å². The summed E-state index contributed by atoms with van der Waals surface area (Å²) >= 11 is 5.77. The Morgan fingerprint density at radius 2 is 1.94 bits per heavy atom. The Hall–Kier alpha value is -1.42. The number of hydrogen-bond acceptors (Lipinski definition) is 3. The van der Waals surface area contributed by atoms with Crippen LogP contribution >= 0.6 is 11.6 Å². The van der Waals surface area contributed by atoms with Gasteiger partial charge in [-0.05, 0) is 12.1 Å². The van der Waals surface area contributed by atoms with E-state index in [1.807, 2.05) is 20.8 Å². The van der Waals surface area contributed by atoms with Gasteiger partial charge in [-0.15, -0.1) is 0 Å². The second-order valence-electron chi connectivity index (χ2n) is 4.67. The average molecular weight is 238 g/mol. The van der Waals surface area contributed by atoms with Crippen molar-refractivity contribution < 1.29 is 0 Å². The van der Waals surface area contributed by atoms with E-state index in [0.29, 0.717) is 22.0 Å². The van der Waals surface area contributed by atoms with Gasteiger partial charge in [0.05, 0.1) is 5.39 Å². The summed E-state index contributed by atoms with van der Waals surface area (Å²) in [5.41, 5.74) is -0.0163. The SMILES string of the molecule is CC(C)(C)c1nc2nc(Cl)ccc2c(=O)[nH]1. The summed E-state index contributed by atoms with van der Waals surface area (Å²) in [6, 6.07) is 3.21. The Bertz CT molecular complexity index is 598. The fraction of sp³-hybridized carbons (Fsp3) is 0.364. The molecule has 4 nitrogen and oxygen atoms in total. The van der Waals surface area contributed by atoms with E-state index in [2.05, 4.69) is 15.0 Å². The van der Waals surface area contributed by atoms with E-state index < -0.39 is 0 Å². The lowest BCUT2D eigenvalue weighted by molar-refractivity contribution is 0.545. The highest BCUT2D eigenvalue weighted by molar-refractivity contribution is 6.29. The Labute approximate surface area is 97.7 Å². The van der Waals surface area contributed by atoms with Gasteiger partial charge in [-0.2, -0.15) is 0 Å². The van der Waals surface area contributed by atoms with E-state index in [4.69, 9.17) is 11.6 Å². The van der Waals surface area contributed by atoms with Crippen LogP contribution in [0.25, 0.3) is 11.0 Å². The number of rotatable bonds is 0. The third-order valence-corrected chi connectivity index (χ3v) is 2.46. The summed E-state index contributed by atoms with van der Waals surface area (Å²) in [6.45, 7) is 5.92. The molecule has 84 valence electrons. The number of aromatic amines is 1. The quantitative estimate of drug-likeness (QED) is 0.715. The molecule has 5 heteroatoms. The standard InChI is InChI=1S/C11H12ClN3O/c1-11(2,3)10-14-8-6(9(16)15-10)4-5-7(12)13-8/h4-5H,1-3H3,(H,13,14,15,16). The molecule has 0 aliphatic heterocycles. The lowest BCUT2D eigenvalue weighted by atomic mass is 9.96. The minimum absolute atomic E-state index is 0.181. The molecule has 0 atom stereocenters. The van der Waals surface area contributed by atoms with Gasteiger partial charge >= 0.3 is 0 Å². The van der Waals surface area contributed by atoms with Crippen LogP contribution in [0.4, 0.5) is 0 Å². The molecule has 0 amide bonds. The fourth-order valence-electron chi connectivity index (χ4n) is 1.35. The van der Waals surface area contributed by atoms with Gasteiger partial charge < -0.3 is 4.98 Å². The second-order valence-corrected chi connectivity index (χ2v) is 5.06. The van der Waals surface area contributed by atoms with Gasteiger partial charge in [0.25, 0.3) is 5.56 Å². The third kappa shape index (κ3) is 1.93.